The van der Waals surface area contributed by atoms with Crippen molar-refractivity contribution in [2.75, 3.05) is 0 Å². The van der Waals surface area contributed by atoms with Gasteiger partial charge < -0.3 is 15.3 Å². The maximum absolute atomic E-state index is 10.3. The maximum atomic E-state index is 10.3. The van der Waals surface area contributed by atoms with Crippen LogP contribution in [-0.2, 0) is 6.42 Å². The molecule has 3 N–H and O–H groups in total. The second-order valence-electron chi connectivity index (χ2n) is 6.84. The third kappa shape index (κ3) is 2.72. The van der Waals surface area contributed by atoms with E-state index in [1.54, 1.807) is 12.1 Å². The van der Waals surface area contributed by atoms with E-state index >= 15 is 0 Å². The largest absolute Gasteiger partial charge is 0.508 e. The standard InChI is InChI=1S/C18H20O3.I2/c1-18-7-6-12-11-3-2-10(19)8-14(11)16(20)9-13(12)15(18)4-5-17(18)21;1-2/h2-3,8-9,15,17,19-21H,4-7H2,1H3;. The van der Waals surface area contributed by atoms with Crippen LogP contribution in [0.4, 0.5) is 0 Å². The highest BCUT2D eigenvalue weighted by Gasteiger charge is 2.49. The van der Waals surface area contributed by atoms with Crippen molar-refractivity contribution in [2.45, 2.75) is 44.6 Å². The maximum Gasteiger partial charge on any atom is 0.123 e. The second-order valence-corrected chi connectivity index (χ2v) is 6.84. The van der Waals surface area contributed by atoms with Crippen LogP contribution in [-0.4, -0.2) is 21.4 Å². The average Bonchev–Trinajstić information content (AvgIpc) is 2.86. The topological polar surface area (TPSA) is 60.7 Å². The van der Waals surface area contributed by atoms with Crippen LogP contribution < -0.4 is 0 Å². The lowest BCUT2D eigenvalue weighted by atomic mass is 9.65. The molecule has 2 aliphatic carbocycles. The molecular formula is C18H20I2O3. The van der Waals surface area contributed by atoms with E-state index in [2.05, 4.69) is 44.2 Å². The van der Waals surface area contributed by atoms with E-state index in [1.807, 2.05) is 12.1 Å². The van der Waals surface area contributed by atoms with E-state index in [9.17, 15) is 15.3 Å². The Balaban J connectivity index is 0.000000753. The van der Waals surface area contributed by atoms with E-state index in [4.69, 9.17) is 0 Å². The molecule has 3 nitrogen and oxygen atoms in total. The first-order chi connectivity index (χ1) is 11.0. The monoisotopic (exact) mass is 538 g/mol. The molecular weight excluding hydrogens is 518 g/mol. The van der Waals surface area contributed by atoms with Gasteiger partial charge in [-0.05, 0) is 66.3 Å². The molecule has 1 fully saturated rings. The Kier molecular flexibility index (Phi) is 5.00. The molecule has 0 heterocycles. The van der Waals surface area contributed by atoms with Gasteiger partial charge in [0.25, 0.3) is 0 Å². The SMILES string of the molecule is CC12CCc3c(cc(O)c4cc(O)ccc34)C1CCC2O.II. The van der Waals surface area contributed by atoms with Crippen LogP contribution in [0.5, 0.6) is 11.5 Å². The summed E-state index contributed by atoms with van der Waals surface area (Å²) >= 11 is 4.24. The third-order valence-corrected chi connectivity index (χ3v) is 5.82. The van der Waals surface area contributed by atoms with Crippen LogP contribution in [0.1, 0.15) is 43.2 Å². The minimum absolute atomic E-state index is 0.0654. The van der Waals surface area contributed by atoms with Crippen molar-refractivity contribution in [3.05, 3.63) is 35.4 Å². The zero-order chi connectivity index (χ0) is 16.8. The number of aliphatic hydroxyl groups is 1. The number of aryl methyl sites for hydroxylation is 1. The van der Waals surface area contributed by atoms with Gasteiger partial charge in [0.2, 0.25) is 0 Å². The Labute approximate surface area is 159 Å². The van der Waals surface area contributed by atoms with Gasteiger partial charge in [-0.25, -0.2) is 0 Å². The number of hydrogen-bond acceptors (Lipinski definition) is 3. The number of halogens is 2. The van der Waals surface area contributed by atoms with E-state index in [0.29, 0.717) is 5.92 Å². The van der Waals surface area contributed by atoms with Crippen molar-refractivity contribution in [3.63, 3.8) is 0 Å². The highest BCUT2D eigenvalue weighted by atomic mass is 128. The normalized spacial score (nSPS) is 28.7. The first kappa shape index (κ1) is 17.5. The van der Waals surface area contributed by atoms with Crippen molar-refractivity contribution in [1.29, 1.82) is 0 Å². The fourth-order valence-corrected chi connectivity index (χ4v) is 4.53. The van der Waals surface area contributed by atoms with Crippen molar-refractivity contribution in [1.82, 2.24) is 0 Å². The molecule has 23 heavy (non-hydrogen) atoms. The van der Waals surface area contributed by atoms with Crippen LogP contribution >= 0.6 is 37.2 Å². The lowest BCUT2D eigenvalue weighted by Gasteiger charge is -2.40. The zero-order valence-electron chi connectivity index (χ0n) is 12.9. The Morgan fingerprint density at radius 2 is 1.83 bits per heavy atom. The van der Waals surface area contributed by atoms with E-state index < -0.39 is 0 Å². The van der Waals surface area contributed by atoms with Gasteiger partial charge in [-0.3, -0.25) is 0 Å². The fraction of sp³-hybridized carbons (Fsp3) is 0.444. The molecule has 124 valence electrons. The van der Waals surface area contributed by atoms with Crippen molar-refractivity contribution >= 4 is 48.0 Å². The molecule has 0 bridgehead atoms. The van der Waals surface area contributed by atoms with E-state index in [-0.39, 0.29) is 23.0 Å². The number of benzene rings is 2. The highest BCUT2D eigenvalue weighted by molar-refractivity contribution is 15.0. The lowest BCUT2D eigenvalue weighted by molar-refractivity contribution is 0.0458. The number of phenols is 2. The molecule has 0 spiro atoms. The molecule has 0 amide bonds. The molecule has 2 aromatic rings. The zero-order valence-corrected chi connectivity index (χ0v) is 17.2. The van der Waals surface area contributed by atoms with Gasteiger partial charge in [0.15, 0.2) is 0 Å². The Morgan fingerprint density at radius 1 is 1.09 bits per heavy atom. The number of aromatic hydroxyl groups is 2. The Bertz CT molecular complexity index is 747. The summed E-state index contributed by atoms with van der Waals surface area (Å²) in [6, 6.07) is 7.07. The summed E-state index contributed by atoms with van der Waals surface area (Å²) in [6.07, 6.45) is 3.48. The van der Waals surface area contributed by atoms with Crippen LogP contribution in [0.3, 0.4) is 0 Å². The fourth-order valence-electron chi connectivity index (χ4n) is 4.53. The van der Waals surface area contributed by atoms with Gasteiger partial charge in [0.05, 0.1) is 6.10 Å². The third-order valence-electron chi connectivity index (χ3n) is 5.82. The minimum atomic E-state index is -0.242. The molecule has 1 saturated carbocycles. The van der Waals surface area contributed by atoms with Crippen LogP contribution in [0.15, 0.2) is 24.3 Å². The summed E-state index contributed by atoms with van der Waals surface area (Å²) < 4.78 is 0. The number of hydrogen-bond donors (Lipinski definition) is 3. The molecule has 3 unspecified atom stereocenters. The molecule has 0 aromatic heterocycles. The summed E-state index contributed by atoms with van der Waals surface area (Å²) in [4.78, 5) is 0. The van der Waals surface area contributed by atoms with E-state index in [0.717, 1.165) is 36.5 Å². The quantitative estimate of drug-likeness (QED) is 0.404. The summed E-state index contributed by atoms with van der Waals surface area (Å²) in [5.41, 5.74) is 2.40. The number of rotatable bonds is 0. The van der Waals surface area contributed by atoms with Gasteiger partial charge in [0, 0.05) is 48.0 Å². The number of aliphatic hydroxyl groups excluding tert-OH is 1. The Morgan fingerprint density at radius 3 is 2.57 bits per heavy atom. The first-order valence-electron chi connectivity index (χ1n) is 7.80. The van der Waals surface area contributed by atoms with Crippen LogP contribution in [0.2, 0.25) is 0 Å². The molecule has 4 rings (SSSR count). The van der Waals surface area contributed by atoms with Gasteiger partial charge in [-0.15, -0.1) is 0 Å². The lowest BCUT2D eigenvalue weighted by Crippen LogP contribution is -2.35. The van der Waals surface area contributed by atoms with Crippen molar-refractivity contribution in [2.24, 2.45) is 5.41 Å². The average molecular weight is 538 g/mol. The molecule has 2 aliphatic rings. The van der Waals surface area contributed by atoms with Gasteiger partial charge in [-0.2, -0.15) is 0 Å². The highest BCUT2D eigenvalue weighted by Crippen LogP contribution is 2.57. The Hall–Kier alpha value is -0.280. The molecule has 0 aliphatic heterocycles. The number of phenolic OH excluding ortho intramolecular Hbond substituents is 2. The van der Waals surface area contributed by atoms with Crippen LogP contribution in [0.25, 0.3) is 10.8 Å². The summed E-state index contributed by atoms with van der Waals surface area (Å²) in [6.45, 7) is 2.18. The first-order valence-corrected chi connectivity index (χ1v) is 14.1. The van der Waals surface area contributed by atoms with Gasteiger partial charge in [-0.1, -0.05) is 13.0 Å². The molecule has 5 heteroatoms. The summed E-state index contributed by atoms with van der Waals surface area (Å²) in [5, 5.41) is 32.1. The van der Waals surface area contributed by atoms with Crippen molar-refractivity contribution < 1.29 is 15.3 Å². The van der Waals surface area contributed by atoms with Crippen LogP contribution in [0, 0.1) is 5.41 Å². The summed E-state index contributed by atoms with van der Waals surface area (Å²) in [7, 11) is 0. The molecule has 3 atom stereocenters. The van der Waals surface area contributed by atoms with Gasteiger partial charge in [0.1, 0.15) is 11.5 Å². The molecule has 2 aromatic carbocycles. The van der Waals surface area contributed by atoms with Gasteiger partial charge >= 0.3 is 0 Å². The smallest absolute Gasteiger partial charge is 0.123 e. The molecule has 0 saturated heterocycles. The number of fused-ring (bicyclic) bond motifs is 5. The van der Waals surface area contributed by atoms with Crippen molar-refractivity contribution in [3.8, 4) is 11.5 Å². The molecule has 0 radical (unpaired) electrons. The minimum Gasteiger partial charge on any atom is -0.508 e. The predicted octanol–water partition coefficient (Wildman–Crippen LogP) is 5.21. The predicted molar refractivity (Wildman–Crippen MR) is 110 cm³/mol. The summed E-state index contributed by atoms with van der Waals surface area (Å²) in [5.74, 6) is 0.723. The van der Waals surface area contributed by atoms with E-state index in [1.165, 1.54) is 11.1 Å². The second kappa shape index (κ2) is 6.55.